The molecule has 1 heterocycles. The second-order valence-electron chi connectivity index (χ2n) is 3.61. The van der Waals surface area contributed by atoms with E-state index >= 15 is 0 Å². The Balaban J connectivity index is 2.17. The molecule has 0 bridgehead atoms. The second kappa shape index (κ2) is 6.60. The summed E-state index contributed by atoms with van der Waals surface area (Å²) < 4.78 is 10.0. The number of nitrogens with zero attached hydrogens (tertiary/aromatic N) is 1. The number of esters is 1. The van der Waals surface area contributed by atoms with Crippen LogP contribution in [0.25, 0.3) is 0 Å². The average Bonchev–Trinajstić information content (AvgIpc) is 2.69. The first-order valence-electron chi connectivity index (χ1n) is 5.19. The molecule has 0 amide bonds. The van der Waals surface area contributed by atoms with Crippen molar-refractivity contribution in [2.24, 2.45) is 5.92 Å². The van der Waals surface area contributed by atoms with E-state index in [1.807, 2.05) is 12.4 Å². The monoisotopic (exact) mass is 243 g/mol. The van der Waals surface area contributed by atoms with Gasteiger partial charge in [0, 0.05) is 11.3 Å². The third kappa shape index (κ3) is 3.90. The number of methoxy groups -OCH3 is 1. The Hall–Kier alpha value is -0.940. The van der Waals surface area contributed by atoms with Crippen molar-refractivity contribution in [1.82, 2.24) is 4.98 Å². The van der Waals surface area contributed by atoms with Gasteiger partial charge in [0.25, 0.3) is 0 Å². The average molecular weight is 243 g/mol. The highest BCUT2D eigenvalue weighted by Crippen LogP contribution is 2.12. The van der Waals surface area contributed by atoms with Gasteiger partial charge in [0.2, 0.25) is 0 Å². The maximum atomic E-state index is 11.1. The van der Waals surface area contributed by atoms with Gasteiger partial charge in [-0.25, -0.2) is 4.98 Å². The Bertz CT molecular complexity index is 338. The maximum Gasteiger partial charge on any atom is 0.310 e. The number of hydrogen-bond acceptors (Lipinski definition) is 5. The van der Waals surface area contributed by atoms with Crippen LogP contribution >= 0.6 is 11.3 Å². The molecule has 1 aromatic heterocycles. The fourth-order valence-corrected chi connectivity index (χ4v) is 2.02. The summed E-state index contributed by atoms with van der Waals surface area (Å²) >= 11 is 1.64. The van der Waals surface area contributed by atoms with Gasteiger partial charge in [-0.3, -0.25) is 4.79 Å². The summed E-state index contributed by atoms with van der Waals surface area (Å²) in [6, 6.07) is 0. The normalized spacial score (nSPS) is 12.4. The summed E-state index contributed by atoms with van der Waals surface area (Å²) in [4.78, 5) is 16.5. The van der Waals surface area contributed by atoms with E-state index in [-0.39, 0.29) is 11.9 Å². The van der Waals surface area contributed by atoms with Crippen LogP contribution in [0.4, 0.5) is 0 Å². The highest BCUT2D eigenvalue weighted by molar-refractivity contribution is 7.09. The van der Waals surface area contributed by atoms with Crippen molar-refractivity contribution < 1.29 is 14.3 Å². The van der Waals surface area contributed by atoms with E-state index in [0.29, 0.717) is 13.2 Å². The van der Waals surface area contributed by atoms with Gasteiger partial charge in [0.1, 0.15) is 0 Å². The molecule has 1 atom stereocenters. The third-order valence-corrected chi connectivity index (χ3v) is 3.28. The van der Waals surface area contributed by atoms with Crippen LogP contribution in [-0.4, -0.2) is 31.3 Å². The molecule has 16 heavy (non-hydrogen) atoms. The summed E-state index contributed by atoms with van der Waals surface area (Å²) in [6.07, 6.45) is 0.852. The smallest absolute Gasteiger partial charge is 0.310 e. The van der Waals surface area contributed by atoms with E-state index < -0.39 is 0 Å². The summed E-state index contributed by atoms with van der Waals surface area (Å²) in [7, 11) is 1.39. The van der Waals surface area contributed by atoms with Crippen LogP contribution < -0.4 is 0 Å². The van der Waals surface area contributed by atoms with Crippen LogP contribution in [0, 0.1) is 12.8 Å². The van der Waals surface area contributed by atoms with Crippen molar-refractivity contribution in [3.05, 3.63) is 16.1 Å². The molecule has 4 nitrogen and oxygen atoms in total. The quantitative estimate of drug-likeness (QED) is 0.565. The van der Waals surface area contributed by atoms with Gasteiger partial charge >= 0.3 is 5.97 Å². The van der Waals surface area contributed by atoms with Crippen LogP contribution in [0.5, 0.6) is 0 Å². The zero-order chi connectivity index (χ0) is 12.0. The van der Waals surface area contributed by atoms with Crippen molar-refractivity contribution in [2.75, 3.05) is 20.3 Å². The molecule has 1 unspecified atom stereocenters. The first-order valence-corrected chi connectivity index (χ1v) is 6.07. The van der Waals surface area contributed by atoms with E-state index in [9.17, 15) is 4.79 Å². The molecule has 0 fully saturated rings. The predicted octanol–water partition coefficient (Wildman–Crippen LogP) is 1.82. The van der Waals surface area contributed by atoms with Crippen molar-refractivity contribution in [1.29, 1.82) is 0 Å². The number of hydrogen-bond donors (Lipinski definition) is 0. The Morgan fingerprint density at radius 2 is 2.38 bits per heavy atom. The highest BCUT2D eigenvalue weighted by atomic mass is 32.1. The van der Waals surface area contributed by atoms with E-state index in [1.165, 1.54) is 12.0 Å². The molecule has 1 rings (SSSR count). The number of ether oxygens (including phenoxy) is 2. The minimum Gasteiger partial charge on any atom is -0.469 e. The fourth-order valence-electron chi connectivity index (χ4n) is 1.26. The van der Waals surface area contributed by atoms with Gasteiger partial charge in [0.05, 0.1) is 37.4 Å². The Morgan fingerprint density at radius 3 is 2.94 bits per heavy atom. The topological polar surface area (TPSA) is 48.4 Å². The molecule has 0 aliphatic carbocycles. The van der Waals surface area contributed by atoms with Gasteiger partial charge in [-0.15, -0.1) is 11.3 Å². The lowest BCUT2D eigenvalue weighted by atomic mass is 10.2. The Morgan fingerprint density at radius 1 is 1.62 bits per heavy atom. The zero-order valence-electron chi connectivity index (χ0n) is 9.86. The molecule has 0 aromatic carbocycles. The van der Waals surface area contributed by atoms with Gasteiger partial charge in [-0.1, -0.05) is 0 Å². The Labute approximate surface area is 99.6 Å². The van der Waals surface area contributed by atoms with Gasteiger partial charge in [0.15, 0.2) is 0 Å². The minimum atomic E-state index is -0.228. The number of carbonyl (C=O) groups is 1. The number of rotatable bonds is 6. The van der Waals surface area contributed by atoms with E-state index in [2.05, 4.69) is 9.72 Å². The zero-order valence-corrected chi connectivity index (χ0v) is 10.7. The number of thiazole rings is 1. The van der Waals surface area contributed by atoms with Gasteiger partial charge < -0.3 is 9.47 Å². The maximum absolute atomic E-state index is 11.1. The highest BCUT2D eigenvalue weighted by Gasteiger charge is 2.12. The molecule has 0 radical (unpaired) electrons. The first kappa shape index (κ1) is 13.1. The van der Waals surface area contributed by atoms with Crippen LogP contribution in [0.15, 0.2) is 5.51 Å². The van der Waals surface area contributed by atoms with Crippen molar-refractivity contribution >= 4 is 17.3 Å². The van der Waals surface area contributed by atoms with E-state index in [0.717, 1.165) is 12.1 Å². The van der Waals surface area contributed by atoms with Crippen molar-refractivity contribution in [2.45, 2.75) is 20.3 Å². The lowest BCUT2D eigenvalue weighted by Gasteiger charge is -2.09. The number of aryl methyl sites for hydroxylation is 1. The lowest BCUT2D eigenvalue weighted by molar-refractivity contribution is -0.146. The molecule has 0 aliphatic heterocycles. The Kier molecular flexibility index (Phi) is 5.42. The standard InChI is InChI=1S/C11H17NO3S/c1-8(11(13)14-3)6-15-5-4-10-9(2)12-7-16-10/h7-8H,4-6H2,1-3H3. The summed E-state index contributed by atoms with van der Waals surface area (Å²) in [5.41, 5.74) is 2.90. The van der Waals surface area contributed by atoms with Gasteiger partial charge in [-0.05, 0) is 13.8 Å². The summed E-state index contributed by atoms with van der Waals surface area (Å²) in [6.45, 7) is 4.81. The molecule has 90 valence electrons. The minimum absolute atomic E-state index is 0.201. The predicted molar refractivity (Wildman–Crippen MR) is 62.6 cm³/mol. The number of aromatic nitrogens is 1. The van der Waals surface area contributed by atoms with E-state index in [4.69, 9.17) is 4.74 Å². The molecule has 0 aliphatic rings. The largest absolute Gasteiger partial charge is 0.469 e. The van der Waals surface area contributed by atoms with Crippen LogP contribution in [-0.2, 0) is 20.7 Å². The van der Waals surface area contributed by atoms with Crippen LogP contribution in [0.3, 0.4) is 0 Å². The molecule has 1 aromatic rings. The molecule has 0 N–H and O–H groups in total. The molecule has 0 saturated heterocycles. The van der Waals surface area contributed by atoms with Crippen LogP contribution in [0.1, 0.15) is 17.5 Å². The second-order valence-corrected chi connectivity index (χ2v) is 4.55. The first-order chi connectivity index (χ1) is 7.65. The molecular formula is C11H17NO3S. The summed E-state index contributed by atoms with van der Waals surface area (Å²) in [5.74, 6) is -0.429. The molecule has 5 heteroatoms. The summed E-state index contributed by atoms with van der Waals surface area (Å²) in [5, 5.41) is 0. The van der Waals surface area contributed by atoms with Crippen molar-refractivity contribution in [3.8, 4) is 0 Å². The SMILES string of the molecule is COC(=O)C(C)COCCc1scnc1C. The molecule has 0 saturated carbocycles. The van der Waals surface area contributed by atoms with Gasteiger partial charge in [-0.2, -0.15) is 0 Å². The molecule has 0 spiro atoms. The van der Waals surface area contributed by atoms with Crippen LogP contribution in [0.2, 0.25) is 0 Å². The lowest BCUT2D eigenvalue weighted by Crippen LogP contribution is -2.19. The third-order valence-electron chi connectivity index (χ3n) is 2.29. The van der Waals surface area contributed by atoms with E-state index in [1.54, 1.807) is 18.3 Å². The number of carbonyl (C=O) groups excluding carboxylic acids is 1. The molecular weight excluding hydrogens is 226 g/mol. The fraction of sp³-hybridized carbons (Fsp3) is 0.636. The van der Waals surface area contributed by atoms with Crippen molar-refractivity contribution in [3.63, 3.8) is 0 Å².